The van der Waals surface area contributed by atoms with Crippen LogP contribution in [0.4, 0.5) is 5.69 Å². The SMILES string of the molecule is Cc1ccc(C(=O)O)cc1NCc1c(OCc2ccccc2)ccc2ccccc12. The van der Waals surface area contributed by atoms with Crippen molar-refractivity contribution >= 4 is 22.4 Å². The molecule has 2 N–H and O–H groups in total. The predicted molar refractivity (Wildman–Crippen MR) is 120 cm³/mol. The number of fused-ring (bicyclic) bond motifs is 1. The fraction of sp³-hybridized carbons (Fsp3) is 0.115. The molecule has 0 aliphatic rings. The Morgan fingerprint density at radius 1 is 0.933 bits per heavy atom. The molecule has 0 spiro atoms. The fourth-order valence-corrected chi connectivity index (χ4v) is 3.50. The van der Waals surface area contributed by atoms with Crippen LogP contribution in [0.2, 0.25) is 0 Å². The van der Waals surface area contributed by atoms with E-state index in [9.17, 15) is 9.90 Å². The summed E-state index contributed by atoms with van der Waals surface area (Å²) in [7, 11) is 0. The normalized spacial score (nSPS) is 10.7. The molecule has 30 heavy (non-hydrogen) atoms. The summed E-state index contributed by atoms with van der Waals surface area (Å²) in [4.78, 5) is 11.3. The summed E-state index contributed by atoms with van der Waals surface area (Å²) in [5.74, 6) is -0.118. The lowest BCUT2D eigenvalue weighted by molar-refractivity contribution is 0.0697. The van der Waals surface area contributed by atoms with E-state index < -0.39 is 5.97 Å². The third-order valence-corrected chi connectivity index (χ3v) is 5.17. The molecule has 0 aromatic heterocycles. The zero-order valence-electron chi connectivity index (χ0n) is 16.8. The summed E-state index contributed by atoms with van der Waals surface area (Å²) < 4.78 is 6.18. The molecule has 0 aliphatic heterocycles. The van der Waals surface area contributed by atoms with Crippen LogP contribution in [-0.4, -0.2) is 11.1 Å². The quantitative estimate of drug-likeness (QED) is 0.399. The van der Waals surface area contributed by atoms with E-state index in [4.69, 9.17) is 4.74 Å². The molecule has 0 aliphatic carbocycles. The molecule has 150 valence electrons. The van der Waals surface area contributed by atoms with Gasteiger partial charge in [-0.05, 0) is 47.0 Å². The highest BCUT2D eigenvalue weighted by atomic mass is 16.5. The first kappa shape index (κ1) is 19.5. The van der Waals surface area contributed by atoms with Gasteiger partial charge in [-0.15, -0.1) is 0 Å². The van der Waals surface area contributed by atoms with Gasteiger partial charge < -0.3 is 15.2 Å². The number of aryl methyl sites for hydroxylation is 1. The van der Waals surface area contributed by atoms with Crippen molar-refractivity contribution in [2.75, 3.05) is 5.32 Å². The van der Waals surface area contributed by atoms with Gasteiger partial charge in [0.15, 0.2) is 0 Å². The van der Waals surface area contributed by atoms with E-state index in [1.54, 1.807) is 12.1 Å². The van der Waals surface area contributed by atoms with Crippen LogP contribution in [0, 0.1) is 6.92 Å². The van der Waals surface area contributed by atoms with Gasteiger partial charge in [-0.2, -0.15) is 0 Å². The van der Waals surface area contributed by atoms with Crippen LogP contribution in [0.3, 0.4) is 0 Å². The minimum atomic E-state index is -0.935. The zero-order chi connectivity index (χ0) is 20.9. The van der Waals surface area contributed by atoms with Gasteiger partial charge in [0.1, 0.15) is 12.4 Å². The summed E-state index contributed by atoms with van der Waals surface area (Å²) in [6, 6.07) is 27.5. The second-order valence-electron chi connectivity index (χ2n) is 7.23. The summed E-state index contributed by atoms with van der Waals surface area (Å²) in [6.45, 7) is 2.97. The van der Waals surface area contributed by atoms with Gasteiger partial charge in [0.05, 0.1) is 5.56 Å². The molecule has 0 saturated heterocycles. The van der Waals surface area contributed by atoms with E-state index in [0.717, 1.165) is 38.9 Å². The predicted octanol–water partition coefficient (Wildman–Crippen LogP) is 6.04. The Hall–Kier alpha value is -3.79. The second kappa shape index (κ2) is 8.70. The molecule has 0 radical (unpaired) electrons. The number of rotatable bonds is 7. The first-order valence-electron chi connectivity index (χ1n) is 9.87. The molecule has 4 nitrogen and oxygen atoms in total. The molecule has 4 aromatic rings. The molecule has 4 rings (SSSR count). The lowest BCUT2D eigenvalue weighted by atomic mass is 10.0. The number of anilines is 1. The Morgan fingerprint density at radius 3 is 2.50 bits per heavy atom. The van der Waals surface area contributed by atoms with Crippen molar-refractivity contribution in [3.63, 3.8) is 0 Å². The summed E-state index contributed by atoms with van der Waals surface area (Å²) in [5, 5.41) is 15.0. The molecule has 0 heterocycles. The second-order valence-corrected chi connectivity index (χ2v) is 7.23. The Labute approximate surface area is 175 Å². The number of carboxylic acids is 1. The molecule has 0 amide bonds. The van der Waals surface area contributed by atoms with Crippen LogP contribution in [0.15, 0.2) is 84.9 Å². The van der Waals surface area contributed by atoms with E-state index in [2.05, 4.69) is 23.5 Å². The number of aromatic carboxylic acids is 1. The van der Waals surface area contributed by atoms with Crippen LogP contribution >= 0.6 is 0 Å². The highest BCUT2D eigenvalue weighted by molar-refractivity contribution is 5.90. The third-order valence-electron chi connectivity index (χ3n) is 5.17. The van der Waals surface area contributed by atoms with Crippen LogP contribution in [0.1, 0.15) is 27.0 Å². The summed E-state index contributed by atoms with van der Waals surface area (Å²) in [5.41, 5.74) is 4.21. The molecule has 4 heteroatoms. The molecule has 0 bridgehead atoms. The van der Waals surface area contributed by atoms with Crippen molar-refractivity contribution in [1.29, 1.82) is 0 Å². The standard InChI is InChI=1S/C26H23NO3/c1-18-11-12-21(26(28)29)15-24(18)27-16-23-22-10-6-5-9-20(22)13-14-25(23)30-17-19-7-3-2-4-8-19/h2-15,27H,16-17H2,1H3,(H,28,29). The largest absolute Gasteiger partial charge is 0.489 e. The Balaban J connectivity index is 1.64. The lowest BCUT2D eigenvalue weighted by Crippen LogP contribution is -2.07. The molecule has 0 saturated carbocycles. The van der Waals surface area contributed by atoms with Gasteiger partial charge in [0.2, 0.25) is 0 Å². The van der Waals surface area contributed by atoms with Crippen molar-refractivity contribution in [2.45, 2.75) is 20.1 Å². The van der Waals surface area contributed by atoms with Crippen molar-refractivity contribution < 1.29 is 14.6 Å². The average molecular weight is 397 g/mol. The molecular formula is C26H23NO3. The fourth-order valence-electron chi connectivity index (χ4n) is 3.50. The van der Waals surface area contributed by atoms with Gasteiger partial charge in [-0.3, -0.25) is 0 Å². The minimum Gasteiger partial charge on any atom is -0.489 e. The van der Waals surface area contributed by atoms with Gasteiger partial charge in [0.25, 0.3) is 0 Å². The van der Waals surface area contributed by atoms with E-state index >= 15 is 0 Å². The zero-order valence-corrected chi connectivity index (χ0v) is 16.8. The van der Waals surface area contributed by atoms with Crippen molar-refractivity contribution in [2.24, 2.45) is 0 Å². The first-order valence-corrected chi connectivity index (χ1v) is 9.87. The average Bonchev–Trinajstić information content (AvgIpc) is 2.78. The number of carboxylic acid groups (broad SMARTS) is 1. The van der Waals surface area contributed by atoms with Crippen LogP contribution in [0.25, 0.3) is 10.8 Å². The number of nitrogens with one attached hydrogen (secondary N) is 1. The Bertz CT molecular complexity index is 1190. The maximum Gasteiger partial charge on any atom is 0.335 e. The highest BCUT2D eigenvalue weighted by Gasteiger charge is 2.11. The van der Waals surface area contributed by atoms with E-state index in [1.807, 2.05) is 61.5 Å². The van der Waals surface area contributed by atoms with E-state index in [1.165, 1.54) is 0 Å². The number of ether oxygens (including phenoxy) is 1. The summed E-state index contributed by atoms with van der Waals surface area (Å²) in [6.07, 6.45) is 0. The first-order chi connectivity index (χ1) is 14.6. The van der Waals surface area contributed by atoms with Crippen molar-refractivity contribution in [1.82, 2.24) is 0 Å². The van der Waals surface area contributed by atoms with Crippen molar-refractivity contribution in [3.05, 3.63) is 107 Å². The number of hydrogen-bond acceptors (Lipinski definition) is 3. The topological polar surface area (TPSA) is 58.6 Å². The van der Waals surface area contributed by atoms with Crippen LogP contribution in [-0.2, 0) is 13.2 Å². The maximum absolute atomic E-state index is 11.3. The van der Waals surface area contributed by atoms with Crippen molar-refractivity contribution in [3.8, 4) is 5.75 Å². The number of hydrogen-bond donors (Lipinski definition) is 2. The molecule has 0 fully saturated rings. The van der Waals surface area contributed by atoms with Crippen LogP contribution < -0.4 is 10.1 Å². The Morgan fingerprint density at radius 2 is 1.70 bits per heavy atom. The van der Waals surface area contributed by atoms with Gasteiger partial charge in [-0.25, -0.2) is 4.79 Å². The molecule has 0 unspecified atom stereocenters. The van der Waals surface area contributed by atoms with Gasteiger partial charge >= 0.3 is 5.97 Å². The number of carbonyl (C=O) groups is 1. The van der Waals surface area contributed by atoms with Gasteiger partial charge in [0, 0.05) is 17.8 Å². The third kappa shape index (κ3) is 4.28. The van der Waals surface area contributed by atoms with E-state index in [-0.39, 0.29) is 5.56 Å². The smallest absolute Gasteiger partial charge is 0.335 e. The monoisotopic (exact) mass is 397 g/mol. The minimum absolute atomic E-state index is 0.265. The highest BCUT2D eigenvalue weighted by Crippen LogP contribution is 2.30. The lowest BCUT2D eigenvalue weighted by Gasteiger charge is -2.17. The van der Waals surface area contributed by atoms with Crippen LogP contribution in [0.5, 0.6) is 5.75 Å². The van der Waals surface area contributed by atoms with E-state index in [0.29, 0.717) is 13.2 Å². The molecular weight excluding hydrogens is 374 g/mol. The summed E-state index contributed by atoms with van der Waals surface area (Å²) >= 11 is 0. The Kier molecular flexibility index (Phi) is 5.66. The van der Waals surface area contributed by atoms with Gasteiger partial charge in [-0.1, -0.05) is 66.7 Å². The molecule has 4 aromatic carbocycles. The maximum atomic E-state index is 11.3. The number of benzene rings is 4. The molecule has 0 atom stereocenters.